The van der Waals surface area contributed by atoms with Crippen molar-refractivity contribution in [2.45, 2.75) is 13.5 Å². The van der Waals surface area contributed by atoms with Gasteiger partial charge in [0.15, 0.2) is 5.78 Å². The minimum absolute atomic E-state index is 0.0802. The van der Waals surface area contributed by atoms with Crippen LogP contribution in [0.5, 0.6) is 0 Å². The predicted molar refractivity (Wildman–Crippen MR) is 87.7 cm³/mol. The number of carbonyl (C=O) groups is 1. The van der Waals surface area contributed by atoms with Gasteiger partial charge in [0.25, 0.3) is 0 Å². The Balaban J connectivity index is 1.82. The first-order valence-electron chi connectivity index (χ1n) is 7.05. The number of hydrogen-bond donors (Lipinski definition) is 1. The number of fused-ring (bicyclic) bond motifs is 1. The van der Waals surface area contributed by atoms with Gasteiger partial charge in [0.05, 0.1) is 0 Å². The van der Waals surface area contributed by atoms with Gasteiger partial charge in [-0.05, 0) is 41.5 Å². The molecule has 0 radical (unpaired) electrons. The molecule has 1 N–H and O–H groups in total. The lowest BCUT2D eigenvalue weighted by Crippen LogP contribution is -2.04. The fourth-order valence-electron chi connectivity index (χ4n) is 2.49. The molecular formula is C19H17NO. The van der Waals surface area contributed by atoms with Crippen molar-refractivity contribution in [3.8, 4) is 0 Å². The van der Waals surface area contributed by atoms with Gasteiger partial charge in [-0.15, -0.1) is 0 Å². The van der Waals surface area contributed by atoms with Gasteiger partial charge in [0.2, 0.25) is 0 Å². The molecule has 0 atom stereocenters. The zero-order valence-electron chi connectivity index (χ0n) is 12.0. The number of Topliss-reactive ketones (excluding diaryl/α,β-unsaturated/α-hetero) is 1. The van der Waals surface area contributed by atoms with Crippen LogP contribution in [0.1, 0.15) is 22.8 Å². The van der Waals surface area contributed by atoms with Crippen molar-refractivity contribution in [1.82, 2.24) is 0 Å². The lowest BCUT2D eigenvalue weighted by molar-refractivity contribution is 0.101. The molecular weight excluding hydrogens is 258 g/mol. The molecule has 2 heteroatoms. The van der Waals surface area contributed by atoms with E-state index in [4.69, 9.17) is 0 Å². The van der Waals surface area contributed by atoms with Gasteiger partial charge in [-0.2, -0.15) is 0 Å². The summed E-state index contributed by atoms with van der Waals surface area (Å²) < 4.78 is 0. The summed E-state index contributed by atoms with van der Waals surface area (Å²) in [6.07, 6.45) is 0. The number of rotatable bonds is 4. The van der Waals surface area contributed by atoms with Crippen LogP contribution >= 0.6 is 0 Å². The molecule has 0 bridgehead atoms. The molecule has 0 aliphatic rings. The predicted octanol–water partition coefficient (Wildman–Crippen LogP) is 4.65. The van der Waals surface area contributed by atoms with Crippen molar-refractivity contribution in [2.75, 3.05) is 5.32 Å². The SMILES string of the molecule is CC(=O)c1ccccc1NCc1ccc2ccccc2c1. The Morgan fingerprint density at radius 1 is 0.905 bits per heavy atom. The van der Waals surface area contributed by atoms with Crippen molar-refractivity contribution in [2.24, 2.45) is 0 Å². The molecule has 0 saturated carbocycles. The normalized spacial score (nSPS) is 10.5. The van der Waals surface area contributed by atoms with Gasteiger partial charge in [-0.25, -0.2) is 0 Å². The third-order valence-corrected chi connectivity index (χ3v) is 3.60. The molecule has 0 heterocycles. The van der Waals surface area contributed by atoms with Crippen LogP contribution in [0.3, 0.4) is 0 Å². The average molecular weight is 275 g/mol. The van der Waals surface area contributed by atoms with Crippen molar-refractivity contribution in [3.05, 3.63) is 77.9 Å². The Kier molecular flexibility index (Phi) is 3.69. The van der Waals surface area contributed by atoms with E-state index < -0.39 is 0 Å². The number of anilines is 1. The van der Waals surface area contributed by atoms with E-state index in [1.807, 2.05) is 36.4 Å². The highest BCUT2D eigenvalue weighted by atomic mass is 16.1. The number of benzene rings is 3. The van der Waals surface area contributed by atoms with Crippen molar-refractivity contribution in [1.29, 1.82) is 0 Å². The number of para-hydroxylation sites is 1. The molecule has 0 unspecified atom stereocenters. The summed E-state index contributed by atoms with van der Waals surface area (Å²) in [6.45, 7) is 2.30. The van der Waals surface area contributed by atoms with Gasteiger partial charge >= 0.3 is 0 Å². The lowest BCUT2D eigenvalue weighted by atomic mass is 10.1. The molecule has 3 rings (SSSR count). The number of nitrogens with one attached hydrogen (secondary N) is 1. The topological polar surface area (TPSA) is 29.1 Å². The molecule has 2 nitrogen and oxygen atoms in total. The van der Waals surface area contributed by atoms with E-state index in [9.17, 15) is 4.79 Å². The summed E-state index contributed by atoms with van der Waals surface area (Å²) >= 11 is 0. The highest BCUT2D eigenvalue weighted by Crippen LogP contribution is 2.19. The number of carbonyl (C=O) groups excluding carboxylic acids is 1. The van der Waals surface area contributed by atoms with Crippen LogP contribution in [-0.2, 0) is 6.54 Å². The average Bonchev–Trinajstić information content (AvgIpc) is 2.53. The summed E-state index contributed by atoms with van der Waals surface area (Å²) in [5.74, 6) is 0.0802. The second kappa shape index (κ2) is 5.80. The summed E-state index contributed by atoms with van der Waals surface area (Å²) in [7, 11) is 0. The Morgan fingerprint density at radius 3 is 2.43 bits per heavy atom. The highest BCUT2D eigenvalue weighted by molar-refractivity contribution is 5.99. The Bertz CT molecular complexity index is 792. The summed E-state index contributed by atoms with van der Waals surface area (Å²) in [5.41, 5.74) is 2.82. The molecule has 0 aromatic heterocycles. The maximum absolute atomic E-state index is 11.6. The minimum Gasteiger partial charge on any atom is -0.380 e. The van der Waals surface area contributed by atoms with Crippen LogP contribution in [0.15, 0.2) is 66.7 Å². The second-order valence-corrected chi connectivity index (χ2v) is 5.14. The van der Waals surface area contributed by atoms with Crippen molar-refractivity contribution >= 4 is 22.2 Å². The van der Waals surface area contributed by atoms with Crippen molar-refractivity contribution in [3.63, 3.8) is 0 Å². The quantitative estimate of drug-likeness (QED) is 0.702. The summed E-state index contributed by atoms with van der Waals surface area (Å²) in [4.78, 5) is 11.6. The van der Waals surface area contributed by atoms with Crippen LogP contribution < -0.4 is 5.32 Å². The summed E-state index contributed by atoms with van der Waals surface area (Å²) in [6, 6.07) is 22.4. The minimum atomic E-state index is 0.0802. The van der Waals surface area contributed by atoms with E-state index in [1.54, 1.807) is 6.92 Å². The largest absolute Gasteiger partial charge is 0.380 e. The Hall–Kier alpha value is -2.61. The van der Waals surface area contributed by atoms with E-state index in [2.05, 4.69) is 35.6 Å². The van der Waals surface area contributed by atoms with Crippen LogP contribution in [0.2, 0.25) is 0 Å². The van der Waals surface area contributed by atoms with Crippen LogP contribution in [0.25, 0.3) is 10.8 Å². The number of ketones is 1. The molecule has 21 heavy (non-hydrogen) atoms. The summed E-state index contributed by atoms with van der Waals surface area (Å²) in [5, 5.41) is 5.83. The van der Waals surface area contributed by atoms with E-state index in [0.29, 0.717) is 6.54 Å². The second-order valence-electron chi connectivity index (χ2n) is 5.14. The fraction of sp³-hybridized carbons (Fsp3) is 0.105. The van der Waals surface area contributed by atoms with Gasteiger partial charge in [0, 0.05) is 17.8 Å². The molecule has 3 aromatic rings. The van der Waals surface area contributed by atoms with E-state index >= 15 is 0 Å². The van der Waals surface area contributed by atoms with Gasteiger partial charge in [0.1, 0.15) is 0 Å². The van der Waals surface area contributed by atoms with Crippen LogP contribution in [0, 0.1) is 0 Å². The molecule has 0 aliphatic carbocycles. The maximum Gasteiger partial charge on any atom is 0.161 e. The molecule has 0 saturated heterocycles. The maximum atomic E-state index is 11.6. The monoisotopic (exact) mass is 275 g/mol. The number of hydrogen-bond acceptors (Lipinski definition) is 2. The van der Waals surface area contributed by atoms with E-state index in [1.165, 1.54) is 16.3 Å². The highest BCUT2D eigenvalue weighted by Gasteiger charge is 2.05. The zero-order valence-corrected chi connectivity index (χ0v) is 12.0. The first-order valence-corrected chi connectivity index (χ1v) is 7.05. The van der Waals surface area contributed by atoms with Crippen LogP contribution in [-0.4, -0.2) is 5.78 Å². The van der Waals surface area contributed by atoms with E-state index in [-0.39, 0.29) is 5.78 Å². The lowest BCUT2D eigenvalue weighted by Gasteiger charge is -2.10. The van der Waals surface area contributed by atoms with Crippen molar-refractivity contribution < 1.29 is 4.79 Å². The van der Waals surface area contributed by atoms with Gasteiger partial charge in [-0.3, -0.25) is 4.79 Å². The molecule has 0 fully saturated rings. The fourth-order valence-corrected chi connectivity index (χ4v) is 2.49. The standard InChI is InChI=1S/C19H17NO/c1-14(21)18-8-4-5-9-19(18)20-13-15-10-11-16-6-2-3-7-17(16)12-15/h2-12,20H,13H2,1H3. The van der Waals surface area contributed by atoms with Gasteiger partial charge < -0.3 is 5.32 Å². The van der Waals surface area contributed by atoms with Gasteiger partial charge in [-0.1, -0.05) is 48.5 Å². The third kappa shape index (κ3) is 2.95. The molecule has 0 spiro atoms. The van der Waals surface area contributed by atoms with E-state index in [0.717, 1.165) is 11.3 Å². The molecule has 0 amide bonds. The first kappa shape index (κ1) is 13.4. The third-order valence-electron chi connectivity index (χ3n) is 3.60. The van der Waals surface area contributed by atoms with Crippen LogP contribution in [0.4, 0.5) is 5.69 Å². The molecule has 104 valence electrons. The Morgan fingerprint density at radius 2 is 1.62 bits per heavy atom. The molecule has 0 aliphatic heterocycles. The molecule has 3 aromatic carbocycles. The smallest absolute Gasteiger partial charge is 0.161 e. The first-order chi connectivity index (χ1) is 10.2. The Labute approximate surface area is 124 Å². The zero-order chi connectivity index (χ0) is 14.7.